The Kier molecular flexibility index (Phi) is 3.76. The highest BCUT2D eigenvalue weighted by molar-refractivity contribution is 5.71. The lowest BCUT2D eigenvalue weighted by molar-refractivity contribution is 0.744. The second-order valence-corrected chi connectivity index (χ2v) is 5.32. The molecule has 0 radical (unpaired) electrons. The zero-order valence-electron chi connectivity index (χ0n) is 12.5. The lowest BCUT2D eigenvalue weighted by atomic mass is 9.92. The highest BCUT2D eigenvalue weighted by Gasteiger charge is 2.14. The van der Waals surface area contributed by atoms with Crippen molar-refractivity contribution in [3.63, 3.8) is 0 Å². The lowest BCUT2D eigenvalue weighted by Gasteiger charge is -2.15. The Hall–Kier alpha value is -1.61. The molecule has 2 N–H and O–H groups in total. The maximum atomic E-state index is 5.62. The quantitative estimate of drug-likeness (QED) is 0.919. The number of rotatable bonds is 3. The van der Waals surface area contributed by atoms with Crippen LogP contribution in [-0.4, -0.2) is 16.3 Å². The van der Waals surface area contributed by atoms with Crippen LogP contribution < -0.4 is 5.73 Å². The van der Waals surface area contributed by atoms with Gasteiger partial charge in [0.05, 0.1) is 11.4 Å². The summed E-state index contributed by atoms with van der Waals surface area (Å²) >= 11 is 0. The Morgan fingerprint density at radius 2 is 1.63 bits per heavy atom. The predicted molar refractivity (Wildman–Crippen MR) is 80.4 cm³/mol. The first kappa shape index (κ1) is 13.8. The van der Waals surface area contributed by atoms with Crippen LogP contribution in [0, 0.1) is 27.7 Å². The molecule has 3 heteroatoms. The molecule has 0 aliphatic rings. The fourth-order valence-electron chi connectivity index (χ4n) is 2.63. The number of nitrogens with zero attached hydrogens (tertiary/aromatic N) is 2. The van der Waals surface area contributed by atoms with Crippen LogP contribution >= 0.6 is 0 Å². The van der Waals surface area contributed by atoms with Gasteiger partial charge in [-0.05, 0) is 62.6 Å². The Morgan fingerprint density at radius 3 is 2.16 bits per heavy atom. The van der Waals surface area contributed by atoms with E-state index in [1.807, 2.05) is 11.7 Å². The van der Waals surface area contributed by atoms with Crippen LogP contribution in [0.1, 0.15) is 27.9 Å². The van der Waals surface area contributed by atoms with Crippen molar-refractivity contribution in [2.75, 3.05) is 6.54 Å². The molecular weight excluding hydrogens is 234 g/mol. The van der Waals surface area contributed by atoms with Crippen LogP contribution in [-0.2, 0) is 13.5 Å². The molecule has 0 amide bonds. The maximum Gasteiger partial charge on any atom is 0.0687 e. The normalized spacial score (nSPS) is 11.1. The van der Waals surface area contributed by atoms with Gasteiger partial charge in [0, 0.05) is 19.0 Å². The van der Waals surface area contributed by atoms with E-state index in [0.717, 1.165) is 12.1 Å². The summed E-state index contributed by atoms with van der Waals surface area (Å²) in [6, 6.07) is 4.42. The zero-order chi connectivity index (χ0) is 14.2. The third-order valence-electron chi connectivity index (χ3n) is 3.95. The molecular formula is C16H23N3. The summed E-state index contributed by atoms with van der Waals surface area (Å²) in [6.07, 6.45) is 0.830. The first-order chi connectivity index (χ1) is 8.95. The molecule has 0 unspecified atom stereocenters. The SMILES string of the molecule is Cc1cc(C)c(C)c(-c2cc(CCN)nn2C)c1C. The van der Waals surface area contributed by atoms with E-state index in [0.29, 0.717) is 6.54 Å². The summed E-state index contributed by atoms with van der Waals surface area (Å²) in [5, 5.41) is 4.55. The molecule has 1 heterocycles. The van der Waals surface area contributed by atoms with Gasteiger partial charge in [0.15, 0.2) is 0 Å². The molecule has 2 aromatic rings. The van der Waals surface area contributed by atoms with E-state index >= 15 is 0 Å². The van der Waals surface area contributed by atoms with E-state index in [9.17, 15) is 0 Å². The number of nitrogens with two attached hydrogens (primary N) is 1. The molecule has 3 nitrogen and oxygen atoms in total. The Morgan fingerprint density at radius 1 is 1.05 bits per heavy atom. The van der Waals surface area contributed by atoms with Gasteiger partial charge < -0.3 is 5.73 Å². The highest BCUT2D eigenvalue weighted by atomic mass is 15.3. The van der Waals surface area contributed by atoms with E-state index in [1.54, 1.807) is 0 Å². The maximum absolute atomic E-state index is 5.62. The van der Waals surface area contributed by atoms with Crippen molar-refractivity contribution in [2.45, 2.75) is 34.1 Å². The first-order valence-electron chi connectivity index (χ1n) is 6.76. The highest BCUT2D eigenvalue weighted by Crippen LogP contribution is 2.31. The van der Waals surface area contributed by atoms with Crippen molar-refractivity contribution >= 4 is 0 Å². The van der Waals surface area contributed by atoms with Crippen LogP contribution in [0.4, 0.5) is 0 Å². The number of aryl methyl sites for hydroxylation is 3. The van der Waals surface area contributed by atoms with Crippen molar-refractivity contribution in [3.05, 3.63) is 40.1 Å². The van der Waals surface area contributed by atoms with Crippen molar-refractivity contribution in [1.82, 2.24) is 9.78 Å². The molecule has 0 fully saturated rings. The van der Waals surface area contributed by atoms with Gasteiger partial charge in [0.25, 0.3) is 0 Å². The van der Waals surface area contributed by atoms with Crippen LogP contribution in [0.3, 0.4) is 0 Å². The third kappa shape index (κ3) is 2.43. The molecule has 0 saturated carbocycles. The van der Waals surface area contributed by atoms with E-state index in [4.69, 9.17) is 5.73 Å². The summed E-state index contributed by atoms with van der Waals surface area (Å²) in [7, 11) is 2.01. The van der Waals surface area contributed by atoms with E-state index < -0.39 is 0 Å². The molecule has 0 saturated heterocycles. The second kappa shape index (κ2) is 5.17. The van der Waals surface area contributed by atoms with Crippen LogP contribution in [0.5, 0.6) is 0 Å². The second-order valence-electron chi connectivity index (χ2n) is 5.32. The molecule has 0 spiro atoms. The van der Waals surface area contributed by atoms with Gasteiger partial charge in [0.1, 0.15) is 0 Å². The van der Waals surface area contributed by atoms with Crippen LogP contribution in [0.2, 0.25) is 0 Å². The molecule has 0 aliphatic heterocycles. The van der Waals surface area contributed by atoms with Gasteiger partial charge in [-0.3, -0.25) is 4.68 Å². The minimum absolute atomic E-state index is 0.640. The van der Waals surface area contributed by atoms with Crippen molar-refractivity contribution < 1.29 is 0 Å². The number of aromatic nitrogens is 2. The Balaban J connectivity index is 2.65. The molecule has 102 valence electrons. The van der Waals surface area contributed by atoms with Gasteiger partial charge in [-0.1, -0.05) is 6.07 Å². The summed E-state index contributed by atoms with van der Waals surface area (Å²) in [5.74, 6) is 0. The van der Waals surface area contributed by atoms with Crippen molar-refractivity contribution in [1.29, 1.82) is 0 Å². The van der Waals surface area contributed by atoms with Crippen LogP contribution in [0.15, 0.2) is 12.1 Å². The summed E-state index contributed by atoms with van der Waals surface area (Å²) in [5.41, 5.74) is 14.5. The molecule has 19 heavy (non-hydrogen) atoms. The lowest BCUT2D eigenvalue weighted by Crippen LogP contribution is -2.03. The van der Waals surface area contributed by atoms with E-state index in [-0.39, 0.29) is 0 Å². The Bertz CT molecular complexity index is 583. The molecule has 2 rings (SSSR count). The molecule has 1 aromatic carbocycles. The van der Waals surface area contributed by atoms with Gasteiger partial charge in [-0.25, -0.2) is 0 Å². The van der Waals surface area contributed by atoms with Crippen molar-refractivity contribution in [2.24, 2.45) is 12.8 Å². The number of hydrogen-bond donors (Lipinski definition) is 1. The fraction of sp³-hybridized carbons (Fsp3) is 0.438. The van der Waals surface area contributed by atoms with Gasteiger partial charge in [0.2, 0.25) is 0 Å². The first-order valence-corrected chi connectivity index (χ1v) is 6.76. The summed E-state index contributed by atoms with van der Waals surface area (Å²) in [4.78, 5) is 0. The standard InChI is InChI=1S/C16H23N3/c1-10-8-11(2)13(4)16(12(10)3)15-9-14(6-7-17)18-19(15)5/h8-9H,6-7,17H2,1-5H3. The topological polar surface area (TPSA) is 43.8 Å². The molecule has 0 atom stereocenters. The van der Waals surface area contributed by atoms with E-state index in [1.165, 1.54) is 33.5 Å². The predicted octanol–water partition coefficient (Wildman–Crippen LogP) is 2.82. The third-order valence-corrected chi connectivity index (χ3v) is 3.95. The van der Waals surface area contributed by atoms with Gasteiger partial charge >= 0.3 is 0 Å². The Labute approximate surface area is 115 Å². The minimum Gasteiger partial charge on any atom is -0.330 e. The average Bonchev–Trinajstić information content (AvgIpc) is 2.69. The fourth-order valence-corrected chi connectivity index (χ4v) is 2.63. The number of benzene rings is 1. The monoisotopic (exact) mass is 257 g/mol. The molecule has 0 aliphatic carbocycles. The van der Waals surface area contributed by atoms with Crippen LogP contribution in [0.25, 0.3) is 11.3 Å². The van der Waals surface area contributed by atoms with Gasteiger partial charge in [-0.15, -0.1) is 0 Å². The summed E-state index contributed by atoms with van der Waals surface area (Å²) < 4.78 is 1.97. The smallest absolute Gasteiger partial charge is 0.0687 e. The molecule has 0 bridgehead atoms. The van der Waals surface area contributed by atoms with Gasteiger partial charge in [-0.2, -0.15) is 5.10 Å². The van der Waals surface area contributed by atoms with Crippen molar-refractivity contribution in [3.8, 4) is 11.3 Å². The number of hydrogen-bond acceptors (Lipinski definition) is 2. The average molecular weight is 257 g/mol. The zero-order valence-corrected chi connectivity index (χ0v) is 12.5. The summed E-state index contributed by atoms with van der Waals surface area (Å²) in [6.45, 7) is 9.35. The largest absolute Gasteiger partial charge is 0.330 e. The van der Waals surface area contributed by atoms with E-state index in [2.05, 4.69) is 44.9 Å². The molecule has 1 aromatic heterocycles. The minimum atomic E-state index is 0.640.